The van der Waals surface area contributed by atoms with Crippen LogP contribution in [-0.2, 0) is 29.8 Å². The summed E-state index contributed by atoms with van der Waals surface area (Å²) >= 11 is 0. The molecule has 0 spiro atoms. The number of fused-ring (bicyclic) bond motifs is 1. The zero-order valence-electron chi connectivity index (χ0n) is 23.5. The smallest absolute Gasteiger partial charge is 0.459 e. The van der Waals surface area contributed by atoms with Gasteiger partial charge in [-0.05, 0) is 51.8 Å². The highest BCUT2D eigenvalue weighted by molar-refractivity contribution is 7.52. The van der Waals surface area contributed by atoms with Crippen molar-refractivity contribution in [2.24, 2.45) is 0 Å². The molecule has 0 aliphatic carbocycles. The summed E-state index contributed by atoms with van der Waals surface area (Å²) in [6.45, 7) is 10.8. The number of furan rings is 1. The number of amides is 2. The summed E-state index contributed by atoms with van der Waals surface area (Å²) in [6.07, 6.45) is -0.152. The van der Waals surface area contributed by atoms with Gasteiger partial charge in [0, 0.05) is 17.3 Å². The van der Waals surface area contributed by atoms with Crippen LogP contribution in [0.4, 0.5) is 9.18 Å². The van der Waals surface area contributed by atoms with Crippen molar-refractivity contribution in [2.45, 2.75) is 77.3 Å². The van der Waals surface area contributed by atoms with Gasteiger partial charge < -0.3 is 28.8 Å². The molecule has 0 bridgehead atoms. The first kappa shape index (κ1) is 30.7. The Morgan fingerprint density at radius 2 is 2.10 bits per heavy atom. The van der Waals surface area contributed by atoms with Crippen LogP contribution in [0, 0.1) is 0 Å². The van der Waals surface area contributed by atoms with E-state index >= 15 is 4.39 Å². The monoisotopic (exact) mass is 595 g/mol. The summed E-state index contributed by atoms with van der Waals surface area (Å²) < 4.78 is 57.7. The highest BCUT2D eigenvalue weighted by Crippen LogP contribution is 2.48. The number of aliphatic hydroxyl groups excluding tert-OH is 1. The number of hydrogen-bond donors (Lipinski definition) is 3. The summed E-state index contributed by atoms with van der Waals surface area (Å²) in [5, 5.41) is 16.5. The molecule has 0 saturated carbocycles. The van der Waals surface area contributed by atoms with Gasteiger partial charge in [0.15, 0.2) is 23.2 Å². The van der Waals surface area contributed by atoms with Crippen LogP contribution in [0.15, 0.2) is 53.4 Å². The highest BCUT2D eigenvalue weighted by Gasteiger charge is 2.57. The molecule has 2 aliphatic rings. The fourth-order valence-corrected chi connectivity index (χ4v) is 5.97. The van der Waals surface area contributed by atoms with Gasteiger partial charge in [-0.15, -0.1) is 0 Å². The number of allylic oxidation sites excluding steroid dienone is 1. The van der Waals surface area contributed by atoms with E-state index in [1.165, 1.54) is 25.3 Å². The molecule has 0 radical (unpaired) electrons. The van der Waals surface area contributed by atoms with Gasteiger partial charge in [0.25, 0.3) is 0 Å². The molecule has 2 aliphatic heterocycles. The SMILES string of the molecule is C=C1C=CN([C@@H]2O[C@H](COP(=O)(N[C@@H](C)C(=O)OC(C)C)Oc3cccc4c(CC)coc34)[C@@H](O)[C@@]2(C)F)C(=O)N1. The summed E-state index contributed by atoms with van der Waals surface area (Å²) in [5.41, 5.74) is -0.919. The second-order valence-electron chi connectivity index (χ2n) is 10.3. The van der Waals surface area contributed by atoms with E-state index in [0.717, 1.165) is 22.8 Å². The molecular weight excluding hydrogens is 560 g/mol. The number of carbonyl (C=O) groups excluding carboxylic acids is 2. The molecule has 2 amide bonds. The van der Waals surface area contributed by atoms with Crippen molar-refractivity contribution in [2.75, 3.05) is 6.61 Å². The Kier molecular flexibility index (Phi) is 8.95. The number of rotatable bonds is 11. The first-order chi connectivity index (χ1) is 19.3. The minimum atomic E-state index is -4.43. The number of nitrogens with zero attached hydrogens (tertiary/aromatic N) is 1. The predicted molar refractivity (Wildman–Crippen MR) is 146 cm³/mol. The molecule has 3 N–H and O–H groups in total. The van der Waals surface area contributed by atoms with Crippen LogP contribution in [0.2, 0.25) is 0 Å². The molecular formula is C27H35FN3O9P. The van der Waals surface area contributed by atoms with Gasteiger partial charge in [-0.1, -0.05) is 25.6 Å². The van der Waals surface area contributed by atoms with Crippen molar-refractivity contribution < 1.29 is 46.6 Å². The maximum Gasteiger partial charge on any atom is 0.459 e. The Hall–Kier alpha value is -3.22. The van der Waals surface area contributed by atoms with Crippen LogP contribution in [-0.4, -0.2) is 64.9 Å². The van der Waals surface area contributed by atoms with E-state index in [4.69, 9.17) is 22.9 Å². The van der Waals surface area contributed by atoms with E-state index in [1.54, 1.807) is 26.2 Å². The van der Waals surface area contributed by atoms with Crippen LogP contribution in [0.1, 0.15) is 40.2 Å². The second-order valence-corrected chi connectivity index (χ2v) is 12.0. The lowest BCUT2D eigenvalue weighted by Gasteiger charge is -2.33. The lowest BCUT2D eigenvalue weighted by atomic mass is 9.98. The molecule has 2 aromatic rings. The average Bonchev–Trinajstić information content (AvgIpc) is 3.41. The highest BCUT2D eigenvalue weighted by atomic mass is 31.2. The van der Waals surface area contributed by atoms with Crippen molar-refractivity contribution in [1.82, 2.24) is 15.3 Å². The van der Waals surface area contributed by atoms with Gasteiger partial charge in [0.1, 0.15) is 18.2 Å². The van der Waals surface area contributed by atoms with E-state index in [0.29, 0.717) is 17.7 Å². The zero-order valence-corrected chi connectivity index (χ0v) is 24.4. The van der Waals surface area contributed by atoms with E-state index < -0.39 is 62.6 Å². The molecule has 1 fully saturated rings. The number of benzene rings is 1. The Labute approximate surface area is 237 Å². The second kappa shape index (κ2) is 11.9. The lowest BCUT2D eigenvalue weighted by Crippen LogP contribution is -2.53. The van der Waals surface area contributed by atoms with Crippen molar-refractivity contribution in [3.8, 4) is 5.75 Å². The van der Waals surface area contributed by atoms with E-state index in [9.17, 15) is 19.3 Å². The molecule has 1 aromatic carbocycles. The summed E-state index contributed by atoms with van der Waals surface area (Å²) in [5.74, 6) is -0.645. The molecule has 4 rings (SSSR count). The predicted octanol–water partition coefficient (Wildman–Crippen LogP) is 4.30. The van der Waals surface area contributed by atoms with Crippen LogP contribution in [0.3, 0.4) is 0 Å². The van der Waals surface area contributed by atoms with Gasteiger partial charge in [-0.25, -0.2) is 13.8 Å². The Morgan fingerprint density at radius 1 is 1.37 bits per heavy atom. The Balaban J connectivity index is 1.58. The summed E-state index contributed by atoms with van der Waals surface area (Å²) in [4.78, 5) is 25.9. The van der Waals surface area contributed by atoms with Crippen molar-refractivity contribution in [1.29, 1.82) is 0 Å². The zero-order chi connectivity index (χ0) is 30.1. The minimum absolute atomic E-state index is 0.0684. The molecule has 1 saturated heterocycles. The summed E-state index contributed by atoms with van der Waals surface area (Å²) in [7, 11) is -4.43. The van der Waals surface area contributed by atoms with E-state index in [2.05, 4.69) is 17.0 Å². The first-order valence-electron chi connectivity index (χ1n) is 13.2. The van der Waals surface area contributed by atoms with Gasteiger partial charge in [-0.2, -0.15) is 5.09 Å². The maximum atomic E-state index is 15.7. The van der Waals surface area contributed by atoms with Gasteiger partial charge in [-0.3, -0.25) is 14.2 Å². The number of ether oxygens (including phenoxy) is 2. The average molecular weight is 596 g/mol. The van der Waals surface area contributed by atoms with Crippen molar-refractivity contribution >= 4 is 30.7 Å². The third kappa shape index (κ3) is 6.49. The van der Waals surface area contributed by atoms with Gasteiger partial charge >= 0.3 is 19.7 Å². The number of hydrogen-bond acceptors (Lipinski definition) is 9. The molecule has 12 nitrogen and oxygen atoms in total. The molecule has 1 aromatic heterocycles. The van der Waals surface area contributed by atoms with Crippen molar-refractivity contribution in [3.63, 3.8) is 0 Å². The number of esters is 1. The number of aryl methyl sites for hydroxylation is 1. The van der Waals surface area contributed by atoms with E-state index in [1.807, 2.05) is 13.0 Å². The van der Waals surface area contributed by atoms with Gasteiger partial charge in [0.2, 0.25) is 0 Å². The van der Waals surface area contributed by atoms with E-state index in [-0.39, 0.29) is 5.75 Å². The quantitative estimate of drug-likeness (QED) is 0.254. The van der Waals surface area contributed by atoms with Crippen LogP contribution in [0.25, 0.3) is 11.0 Å². The Bertz CT molecular complexity index is 1390. The number of alkyl halides is 1. The number of carbonyl (C=O) groups is 2. The molecule has 14 heteroatoms. The number of urea groups is 1. The number of halogens is 1. The van der Waals surface area contributed by atoms with Crippen LogP contribution in [0.5, 0.6) is 5.75 Å². The maximum absolute atomic E-state index is 15.7. The molecule has 224 valence electrons. The fraction of sp³-hybridized carbons (Fsp3) is 0.481. The molecule has 41 heavy (non-hydrogen) atoms. The van der Waals surface area contributed by atoms with Crippen LogP contribution < -0.4 is 14.9 Å². The first-order valence-corrected chi connectivity index (χ1v) is 14.7. The minimum Gasteiger partial charge on any atom is -0.462 e. The van der Waals surface area contributed by atoms with Crippen LogP contribution >= 0.6 is 7.75 Å². The molecule has 6 atom stereocenters. The van der Waals surface area contributed by atoms with Crippen molar-refractivity contribution in [3.05, 3.63) is 54.6 Å². The lowest BCUT2D eigenvalue weighted by molar-refractivity contribution is -0.149. The molecule has 1 unspecified atom stereocenters. The normalized spacial score (nSPS) is 26.7. The topological polar surface area (TPSA) is 149 Å². The number of nitrogens with one attached hydrogen (secondary N) is 2. The van der Waals surface area contributed by atoms with Gasteiger partial charge in [0.05, 0.1) is 19.0 Å². The molecule has 3 heterocycles. The fourth-order valence-electron chi connectivity index (χ4n) is 4.46. The summed E-state index contributed by atoms with van der Waals surface area (Å²) in [6, 6.07) is 3.17. The standard InChI is InChI=1S/C27H35FN3O9P/c1-7-18-13-36-22-19(18)9-8-10-20(22)40-41(35,30-17(5)24(33)38-15(2)3)37-14-21-23(32)27(6,28)25(39-21)31-12-11-16(4)29-26(31)34/h8-13,15,17,21,23,25,32H,4,7,14H2,1-3,5-6H3,(H,29,34)(H,30,35)/t17-,21+,23+,25+,27+,41?/m0/s1. The number of aliphatic hydroxyl groups is 1. The Morgan fingerprint density at radius 3 is 2.76 bits per heavy atom. The third-order valence-electron chi connectivity index (χ3n) is 6.62. The largest absolute Gasteiger partial charge is 0.462 e. The number of para-hydroxylation sites is 1. The third-order valence-corrected chi connectivity index (χ3v) is 8.25.